The molecule has 11 heteroatoms. The smallest absolute Gasteiger partial charge is 0.341 e. The zero-order valence-electron chi connectivity index (χ0n) is 17.9. The molecule has 33 heavy (non-hydrogen) atoms. The van der Waals surface area contributed by atoms with Crippen molar-refractivity contribution < 1.29 is 41.4 Å². The van der Waals surface area contributed by atoms with E-state index in [4.69, 9.17) is 9.47 Å². The minimum atomic E-state index is -1.72. The zero-order chi connectivity index (χ0) is 24.3. The number of rotatable bonds is 7. The number of ether oxygens (including phenoxy) is 2. The van der Waals surface area contributed by atoms with Crippen LogP contribution in [0.15, 0.2) is 6.07 Å². The number of benzene rings is 1. The molecular weight excluding hydrogens is 466 g/mol. The summed E-state index contributed by atoms with van der Waals surface area (Å²) in [6, 6.07) is 0.0292. The van der Waals surface area contributed by atoms with Crippen molar-refractivity contribution in [1.29, 1.82) is 0 Å². The molecule has 1 unspecified atom stereocenters. The summed E-state index contributed by atoms with van der Waals surface area (Å²) in [5, 5.41) is 2.78. The van der Waals surface area contributed by atoms with Crippen LogP contribution >= 0.6 is 11.3 Å². The van der Waals surface area contributed by atoms with Crippen molar-refractivity contribution in [3.05, 3.63) is 50.9 Å². The molecule has 0 fully saturated rings. The van der Waals surface area contributed by atoms with Gasteiger partial charge in [0, 0.05) is 16.5 Å². The van der Waals surface area contributed by atoms with Crippen LogP contribution in [0.5, 0.6) is 0 Å². The van der Waals surface area contributed by atoms with E-state index < -0.39 is 59.2 Å². The summed E-state index contributed by atoms with van der Waals surface area (Å²) in [4.78, 5) is 37.9. The first kappa shape index (κ1) is 24.7. The number of thiophene rings is 1. The number of hydrogen-bond acceptors (Lipinski definition) is 6. The summed E-state index contributed by atoms with van der Waals surface area (Å²) in [5.74, 6) is -11.1. The van der Waals surface area contributed by atoms with Crippen LogP contribution in [0.3, 0.4) is 0 Å². The third kappa shape index (κ3) is 5.18. The van der Waals surface area contributed by atoms with E-state index in [2.05, 4.69) is 5.32 Å². The minimum absolute atomic E-state index is 0.0292. The van der Waals surface area contributed by atoms with Gasteiger partial charge in [0.1, 0.15) is 5.00 Å². The molecule has 1 atom stereocenters. The van der Waals surface area contributed by atoms with Crippen LogP contribution in [0.2, 0.25) is 0 Å². The average molecular weight is 487 g/mol. The highest BCUT2D eigenvalue weighted by atomic mass is 32.1. The number of carbonyl (C=O) groups excluding carboxylic acids is 3. The van der Waals surface area contributed by atoms with Crippen molar-refractivity contribution in [3.8, 4) is 0 Å². The number of amides is 1. The molecule has 1 amide bonds. The van der Waals surface area contributed by atoms with Crippen molar-refractivity contribution in [3.63, 3.8) is 0 Å². The monoisotopic (exact) mass is 487 g/mol. The second kappa shape index (κ2) is 10.3. The van der Waals surface area contributed by atoms with Crippen molar-refractivity contribution in [2.24, 2.45) is 0 Å². The van der Waals surface area contributed by atoms with Crippen molar-refractivity contribution >= 4 is 34.2 Å². The van der Waals surface area contributed by atoms with Crippen molar-refractivity contribution in [2.45, 2.75) is 45.4 Å². The maximum absolute atomic E-state index is 13.9. The third-order valence-corrected chi connectivity index (χ3v) is 6.39. The van der Waals surface area contributed by atoms with Gasteiger partial charge in [0.15, 0.2) is 29.9 Å². The highest BCUT2D eigenvalue weighted by Gasteiger charge is 2.30. The number of fused-ring (bicyclic) bond motifs is 1. The topological polar surface area (TPSA) is 81.7 Å². The molecule has 0 saturated carbocycles. The van der Waals surface area contributed by atoms with Gasteiger partial charge in [0.25, 0.3) is 5.91 Å². The molecule has 178 valence electrons. The SMILES string of the molecule is CCOC(=O)c1c(NC(=O)COC(=O)C(C)c2c(F)c(F)cc(F)c2F)sc2c1CCCC2. The molecule has 1 N–H and O–H groups in total. The Morgan fingerprint density at radius 3 is 2.33 bits per heavy atom. The number of nitrogens with one attached hydrogen (secondary N) is 1. The predicted octanol–water partition coefficient (Wildman–Crippen LogP) is 4.65. The second-order valence-electron chi connectivity index (χ2n) is 7.39. The van der Waals surface area contributed by atoms with Gasteiger partial charge in [-0.3, -0.25) is 9.59 Å². The third-order valence-electron chi connectivity index (χ3n) is 5.18. The molecular formula is C22H21F4NO5S. The molecule has 0 saturated heterocycles. The van der Waals surface area contributed by atoms with Crippen LogP contribution < -0.4 is 5.32 Å². The van der Waals surface area contributed by atoms with Gasteiger partial charge >= 0.3 is 11.9 Å². The van der Waals surface area contributed by atoms with E-state index in [1.807, 2.05) is 0 Å². The highest BCUT2D eigenvalue weighted by Crippen LogP contribution is 2.38. The molecule has 1 heterocycles. The highest BCUT2D eigenvalue weighted by molar-refractivity contribution is 7.17. The maximum Gasteiger partial charge on any atom is 0.341 e. The molecule has 0 aliphatic heterocycles. The number of aryl methyl sites for hydroxylation is 1. The zero-order valence-corrected chi connectivity index (χ0v) is 18.7. The lowest BCUT2D eigenvalue weighted by atomic mass is 9.95. The van der Waals surface area contributed by atoms with E-state index in [9.17, 15) is 31.9 Å². The number of esters is 2. The molecule has 1 aromatic carbocycles. The van der Waals surface area contributed by atoms with Crippen LogP contribution in [0.1, 0.15) is 59.0 Å². The number of carbonyl (C=O) groups is 3. The number of hydrogen-bond donors (Lipinski definition) is 1. The summed E-state index contributed by atoms with van der Waals surface area (Å²) in [6.45, 7) is 1.97. The van der Waals surface area contributed by atoms with Gasteiger partial charge in [-0.15, -0.1) is 11.3 Å². The summed E-state index contributed by atoms with van der Waals surface area (Å²) < 4.78 is 64.6. The van der Waals surface area contributed by atoms with Crippen molar-refractivity contribution in [1.82, 2.24) is 0 Å². The first-order chi connectivity index (χ1) is 15.6. The van der Waals surface area contributed by atoms with Gasteiger partial charge in [0.2, 0.25) is 0 Å². The Balaban J connectivity index is 1.71. The quantitative estimate of drug-likeness (QED) is 0.350. The number of halogens is 4. The summed E-state index contributed by atoms with van der Waals surface area (Å²) >= 11 is 1.23. The molecule has 1 aliphatic rings. The average Bonchev–Trinajstić information content (AvgIpc) is 3.14. The molecule has 2 aromatic rings. The Hall–Kier alpha value is -2.95. The molecule has 3 rings (SSSR count). The van der Waals surface area contributed by atoms with E-state index in [-0.39, 0.29) is 23.2 Å². The van der Waals surface area contributed by atoms with Gasteiger partial charge in [-0.1, -0.05) is 0 Å². The lowest BCUT2D eigenvalue weighted by molar-refractivity contribution is -0.148. The van der Waals surface area contributed by atoms with Gasteiger partial charge in [-0.25, -0.2) is 22.4 Å². The Labute approximate surface area is 190 Å². The van der Waals surface area contributed by atoms with Crippen LogP contribution in [-0.4, -0.2) is 31.1 Å². The molecule has 6 nitrogen and oxygen atoms in total. The first-order valence-electron chi connectivity index (χ1n) is 10.3. The standard InChI is InChI=1S/C22H21F4NO5S/c1-3-31-22(30)17-11-6-4-5-7-14(11)33-20(17)27-15(28)9-32-21(29)10(2)16-18(25)12(23)8-13(24)19(16)26/h8,10H,3-7,9H2,1-2H3,(H,27,28). The van der Waals surface area contributed by atoms with E-state index in [0.29, 0.717) is 6.42 Å². The Bertz CT molecular complexity index is 1070. The van der Waals surface area contributed by atoms with Crippen molar-refractivity contribution in [2.75, 3.05) is 18.5 Å². The van der Waals surface area contributed by atoms with E-state index in [1.54, 1.807) is 6.92 Å². The fourth-order valence-corrected chi connectivity index (χ4v) is 4.88. The molecule has 0 spiro atoms. The van der Waals surface area contributed by atoms with E-state index in [0.717, 1.165) is 36.6 Å². The molecule has 1 aromatic heterocycles. The lowest BCUT2D eigenvalue weighted by Gasteiger charge is -2.14. The van der Waals surface area contributed by atoms with E-state index >= 15 is 0 Å². The first-order valence-corrected chi connectivity index (χ1v) is 11.1. The maximum atomic E-state index is 13.9. The Morgan fingerprint density at radius 2 is 1.70 bits per heavy atom. The van der Waals surface area contributed by atoms with Crippen LogP contribution in [0.25, 0.3) is 0 Å². The van der Waals surface area contributed by atoms with E-state index in [1.165, 1.54) is 11.3 Å². The predicted molar refractivity (Wildman–Crippen MR) is 111 cm³/mol. The largest absolute Gasteiger partial charge is 0.462 e. The fourth-order valence-electron chi connectivity index (χ4n) is 3.59. The minimum Gasteiger partial charge on any atom is -0.462 e. The van der Waals surface area contributed by atoms with Gasteiger partial charge in [0.05, 0.1) is 18.1 Å². The normalized spacial score (nSPS) is 13.8. The summed E-state index contributed by atoms with van der Waals surface area (Å²) in [7, 11) is 0. The summed E-state index contributed by atoms with van der Waals surface area (Å²) in [6.07, 6.45) is 3.28. The molecule has 0 radical (unpaired) electrons. The Kier molecular flexibility index (Phi) is 7.72. The number of anilines is 1. The van der Waals surface area contributed by atoms with Gasteiger partial charge in [-0.05, 0) is 45.1 Å². The van der Waals surface area contributed by atoms with Crippen LogP contribution in [0.4, 0.5) is 22.6 Å². The Morgan fingerprint density at radius 1 is 1.06 bits per heavy atom. The summed E-state index contributed by atoms with van der Waals surface area (Å²) in [5.41, 5.74) is -0.0397. The van der Waals surface area contributed by atoms with Crippen LogP contribution in [0, 0.1) is 23.3 Å². The second-order valence-corrected chi connectivity index (χ2v) is 8.50. The van der Waals surface area contributed by atoms with Gasteiger partial charge < -0.3 is 14.8 Å². The molecule has 1 aliphatic carbocycles. The lowest BCUT2D eigenvalue weighted by Crippen LogP contribution is -2.24. The molecule has 0 bridgehead atoms. The van der Waals surface area contributed by atoms with Gasteiger partial charge in [-0.2, -0.15) is 0 Å². The van der Waals surface area contributed by atoms with Crippen LogP contribution in [-0.2, 0) is 31.9 Å². The fraction of sp³-hybridized carbons (Fsp3) is 0.409.